The number of halogens is 1. The van der Waals surface area contributed by atoms with Gasteiger partial charge >= 0.3 is 0 Å². The van der Waals surface area contributed by atoms with Gasteiger partial charge < -0.3 is 5.73 Å². The fourth-order valence-corrected chi connectivity index (χ4v) is 2.49. The summed E-state index contributed by atoms with van der Waals surface area (Å²) in [6.07, 6.45) is 0. The highest BCUT2D eigenvalue weighted by Crippen LogP contribution is 2.28. The van der Waals surface area contributed by atoms with E-state index >= 15 is 0 Å². The van der Waals surface area contributed by atoms with E-state index in [2.05, 4.69) is 39.7 Å². The first-order valence-electron chi connectivity index (χ1n) is 5.62. The molecule has 0 spiro atoms. The molecule has 5 heteroatoms. The average molecular weight is 324 g/mol. The maximum atomic E-state index is 5.80. The summed E-state index contributed by atoms with van der Waals surface area (Å²) >= 11 is 5.01. The van der Waals surface area contributed by atoms with E-state index in [1.807, 2.05) is 24.3 Å². The zero-order valence-electron chi connectivity index (χ0n) is 10.2. The summed E-state index contributed by atoms with van der Waals surface area (Å²) in [5.41, 5.74) is 5.80. The van der Waals surface area contributed by atoms with E-state index in [-0.39, 0.29) is 5.92 Å². The summed E-state index contributed by atoms with van der Waals surface area (Å²) in [6.45, 7) is 4.12. The molecule has 0 aliphatic rings. The quantitative estimate of drug-likeness (QED) is 0.864. The molecule has 0 aliphatic carbocycles. The van der Waals surface area contributed by atoms with E-state index in [1.54, 1.807) is 17.8 Å². The molecule has 0 bridgehead atoms. The van der Waals surface area contributed by atoms with Crippen molar-refractivity contribution in [3.05, 3.63) is 40.6 Å². The topological polar surface area (TPSA) is 51.8 Å². The van der Waals surface area contributed by atoms with E-state index in [4.69, 9.17) is 5.73 Å². The Morgan fingerprint density at radius 1 is 1.17 bits per heavy atom. The summed E-state index contributed by atoms with van der Waals surface area (Å²) < 4.78 is 1.07. The molecule has 18 heavy (non-hydrogen) atoms. The van der Waals surface area contributed by atoms with E-state index < -0.39 is 0 Å². The van der Waals surface area contributed by atoms with Crippen LogP contribution in [0.25, 0.3) is 0 Å². The Balaban J connectivity index is 2.26. The maximum absolute atomic E-state index is 5.80. The summed E-state index contributed by atoms with van der Waals surface area (Å²) in [4.78, 5) is 9.88. The SMILES string of the molecule is CC(C)c1nc(N)cc(Sc2ccc(Br)cc2)n1. The number of nitrogens with two attached hydrogens (primary N) is 1. The van der Waals surface area contributed by atoms with Gasteiger partial charge in [-0.05, 0) is 24.3 Å². The molecule has 0 unspecified atom stereocenters. The molecule has 0 radical (unpaired) electrons. The van der Waals surface area contributed by atoms with Crippen LogP contribution >= 0.6 is 27.7 Å². The van der Waals surface area contributed by atoms with Crippen molar-refractivity contribution in [3.63, 3.8) is 0 Å². The van der Waals surface area contributed by atoms with Gasteiger partial charge in [0.15, 0.2) is 0 Å². The number of aromatic nitrogens is 2. The largest absolute Gasteiger partial charge is 0.384 e. The monoisotopic (exact) mass is 323 g/mol. The van der Waals surface area contributed by atoms with Crippen molar-refractivity contribution in [1.29, 1.82) is 0 Å². The van der Waals surface area contributed by atoms with Crippen LogP contribution in [0.2, 0.25) is 0 Å². The van der Waals surface area contributed by atoms with Gasteiger partial charge in [0.05, 0.1) is 0 Å². The van der Waals surface area contributed by atoms with E-state index in [0.717, 1.165) is 20.2 Å². The summed E-state index contributed by atoms with van der Waals surface area (Å²) in [7, 11) is 0. The van der Waals surface area contributed by atoms with Gasteiger partial charge in [0.25, 0.3) is 0 Å². The van der Waals surface area contributed by atoms with Crippen LogP contribution in [0, 0.1) is 0 Å². The van der Waals surface area contributed by atoms with Gasteiger partial charge in [-0.25, -0.2) is 9.97 Å². The first kappa shape index (κ1) is 13.4. The summed E-state index contributed by atoms with van der Waals surface area (Å²) in [5, 5.41) is 0.883. The third kappa shape index (κ3) is 3.46. The van der Waals surface area contributed by atoms with Crippen LogP contribution in [0.3, 0.4) is 0 Å². The minimum atomic E-state index is 0.276. The van der Waals surface area contributed by atoms with E-state index in [0.29, 0.717) is 5.82 Å². The molecule has 2 rings (SSSR count). The lowest BCUT2D eigenvalue weighted by Crippen LogP contribution is -2.02. The van der Waals surface area contributed by atoms with Crippen LogP contribution in [0.15, 0.2) is 44.7 Å². The molecule has 1 heterocycles. The number of hydrogen-bond acceptors (Lipinski definition) is 4. The smallest absolute Gasteiger partial charge is 0.134 e. The maximum Gasteiger partial charge on any atom is 0.134 e. The zero-order chi connectivity index (χ0) is 13.1. The Kier molecular flexibility index (Phi) is 4.24. The minimum Gasteiger partial charge on any atom is -0.384 e. The molecule has 2 aromatic rings. The van der Waals surface area contributed by atoms with Gasteiger partial charge in [-0.2, -0.15) is 0 Å². The first-order valence-corrected chi connectivity index (χ1v) is 7.23. The molecule has 3 nitrogen and oxygen atoms in total. The summed E-state index contributed by atoms with van der Waals surface area (Å²) in [5.74, 6) is 1.58. The van der Waals surface area contributed by atoms with Crippen LogP contribution in [0.5, 0.6) is 0 Å². The van der Waals surface area contributed by atoms with Crippen molar-refractivity contribution in [2.75, 3.05) is 5.73 Å². The molecule has 0 aliphatic heterocycles. The highest BCUT2D eigenvalue weighted by atomic mass is 79.9. The summed E-state index contributed by atoms with van der Waals surface area (Å²) in [6, 6.07) is 9.91. The average Bonchev–Trinajstić information content (AvgIpc) is 2.31. The first-order chi connectivity index (χ1) is 8.54. The van der Waals surface area contributed by atoms with Gasteiger partial charge in [0.2, 0.25) is 0 Å². The van der Waals surface area contributed by atoms with Crippen molar-refractivity contribution >= 4 is 33.5 Å². The lowest BCUT2D eigenvalue weighted by atomic mass is 10.2. The second-order valence-electron chi connectivity index (χ2n) is 4.20. The van der Waals surface area contributed by atoms with Crippen LogP contribution in [0.4, 0.5) is 5.82 Å². The Morgan fingerprint density at radius 3 is 2.44 bits per heavy atom. The van der Waals surface area contributed by atoms with Crippen molar-refractivity contribution < 1.29 is 0 Å². The predicted molar refractivity (Wildman–Crippen MR) is 78.8 cm³/mol. The molecular formula is C13H14BrN3S. The molecule has 1 aromatic carbocycles. The number of anilines is 1. The Morgan fingerprint density at radius 2 is 1.83 bits per heavy atom. The Bertz CT molecular complexity index is 540. The van der Waals surface area contributed by atoms with Crippen LogP contribution in [-0.2, 0) is 0 Å². The highest BCUT2D eigenvalue weighted by Gasteiger charge is 2.07. The lowest BCUT2D eigenvalue weighted by molar-refractivity contribution is 0.756. The Labute approximate surface area is 119 Å². The van der Waals surface area contributed by atoms with Gasteiger partial charge in [0, 0.05) is 21.4 Å². The molecule has 2 N–H and O–H groups in total. The van der Waals surface area contributed by atoms with Gasteiger partial charge in [0.1, 0.15) is 16.7 Å². The molecule has 1 aromatic heterocycles. The molecular weight excluding hydrogens is 310 g/mol. The lowest BCUT2D eigenvalue weighted by Gasteiger charge is -2.07. The molecule has 0 saturated heterocycles. The van der Waals surface area contributed by atoms with Crippen molar-refractivity contribution in [2.45, 2.75) is 29.7 Å². The number of nitrogens with zero attached hydrogens (tertiary/aromatic N) is 2. The predicted octanol–water partition coefficient (Wildman–Crippen LogP) is 4.10. The van der Waals surface area contributed by atoms with Crippen molar-refractivity contribution in [3.8, 4) is 0 Å². The fraction of sp³-hybridized carbons (Fsp3) is 0.231. The fourth-order valence-electron chi connectivity index (χ4n) is 1.40. The van der Waals surface area contributed by atoms with E-state index in [9.17, 15) is 0 Å². The van der Waals surface area contributed by atoms with Crippen LogP contribution < -0.4 is 5.73 Å². The van der Waals surface area contributed by atoms with Gasteiger partial charge in [-0.15, -0.1) is 0 Å². The number of rotatable bonds is 3. The number of nitrogen functional groups attached to an aromatic ring is 1. The minimum absolute atomic E-state index is 0.276. The highest BCUT2D eigenvalue weighted by molar-refractivity contribution is 9.10. The van der Waals surface area contributed by atoms with E-state index in [1.165, 1.54) is 0 Å². The van der Waals surface area contributed by atoms with Crippen LogP contribution in [-0.4, -0.2) is 9.97 Å². The number of benzene rings is 1. The second kappa shape index (κ2) is 5.71. The number of hydrogen-bond donors (Lipinski definition) is 1. The molecule has 0 atom stereocenters. The molecule has 0 amide bonds. The van der Waals surface area contributed by atoms with Crippen molar-refractivity contribution in [2.24, 2.45) is 0 Å². The third-order valence-electron chi connectivity index (χ3n) is 2.29. The Hall–Kier alpha value is -1.07. The molecule has 94 valence electrons. The van der Waals surface area contributed by atoms with Gasteiger partial charge in [-0.3, -0.25) is 0 Å². The van der Waals surface area contributed by atoms with Crippen LogP contribution in [0.1, 0.15) is 25.6 Å². The third-order valence-corrected chi connectivity index (χ3v) is 3.75. The second-order valence-corrected chi connectivity index (χ2v) is 6.21. The van der Waals surface area contributed by atoms with Gasteiger partial charge in [-0.1, -0.05) is 41.5 Å². The normalized spacial score (nSPS) is 10.9. The van der Waals surface area contributed by atoms with Crippen molar-refractivity contribution in [1.82, 2.24) is 9.97 Å². The molecule has 0 fully saturated rings. The standard InChI is InChI=1S/C13H14BrN3S/c1-8(2)13-16-11(15)7-12(17-13)18-10-5-3-9(14)4-6-10/h3-8H,1-2H3,(H2,15,16,17). The zero-order valence-corrected chi connectivity index (χ0v) is 12.6. The molecule has 0 saturated carbocycles.